The van der Waals surface area contributed by atoms with Crippen LogP contribution in [0.15, 0.2) is 72.8 Å². The molecule has 0 aliphatic carbocycles. The van der Waals surface area contributed by atoms with E-state index in [1.165, 1.54) is 12.1 Å². The summed E-state index contributed by atoms with van der Waals surface area (Å²) in [6.07, 6.45) is 0. The molecule has 40 heavy (non-hydrogen) atoms. The number of hydrogen-bond donors (Lipinski definition) is 2. The van der Waals surface area contributed by atoms with Crippen LogP contribution >= 0.6 is 11.3 Å². The number of rotatable bonds is 9. The summed E-state index contributed by atoms with van der Waals surface area (Å²) in [7, 11) is 0. The summed E-state index contributed by atoms with van der Waals surface area (Å²) < 4.78 is 19.2. The van der Waals surface area contributed by atoms with Crippen LogP contribution in [-0.2, 0) is 22.7 Å². The van der Waals surface area contributed by atoms with Crippen LogP contribution in [0.25, 0.3) is 0 Å². The number of halogens is 1. The van der Waals surface area contributed by atoms with Gasteiger partial charge in [-0.3, -0.25) is 14.4 Å². The van der Waals surface area contributed by atoms with Gasteiger partial charge in [0.1, 0.15) is 27.3 Å². The number of hydrogen-bond acceptors (Lipinski definition) is 7. The molecule has 4 N–H and O–H groups in total. The van der Waals surface area contributed by atoms with Gasteiger partial charge in [-0.15, -0.1) is 11.3 Å². The highest BCUT2D eigenvalue weighted by molar-refractivity contribution is 7.14. The van der Waals surface area contributed by atoms with E-state index < -0.39 is 23.6 Å². The van der Waals surface area contributed by atoms with Gasteiger partial charge in [0, 0.05) is 30.5 Å². The van der Waals surface area contributed by atoms with Crippen LogP contribution in [0.1, 0.15) is 49.8 Å². The summed E-state index contributed by atoms with van der Waals surface area (Å²) >= 11 is 1.07. The molecule has 1 aromatic heterocycles. The minimum absolute atomic E-state index is 0.0336. The zero-order valence-electron chi connectivity index (χ0n) is 21.7. The number of anilines is 1. The Bertz CT molecular complexity index is 1540. The Hall–Kier alpha value is -4.57. The van der Waals surface area contributed by atoms with Crippen LogP contribution < -0.4 is 16.2 Å². The minimum atomic E-state index is -0.673. The first kappa shape index (κ1) is 27.0. The summed E-state index contributed by atoms with van der Waals surface area (Å²) in [5.74, 6) is -2.22. The average molecular weight is 559 g/mol. The van der Waals surface area contributed by atoms with Crippen molar-refractivity contribution in [3.8, 4) is 5.75 Å². The van der Waals surface area contributed by atoms with Crippen LogP contribution in [0.2, 0.25) is 0 Å². The highest BCUT2D eigenvalue weighted by Crippen LogP contribution is 2.37. The van der Waals surface area contributed by atoms with Crippen molar-refractivity contribution in [1.29, 1.82) is 0 Å². The van der Waals surface area contributed by atoms with Crippen molar-refractivity contribution in [3.05, 3.63) is 111 Å². The second-order valence-electron chi connectivity index (χ2n) is 9.65. The summed E-state index contributed by atoms with van der Waals surface area (Å²) in [6.45, 7) is 2.66. The molecule has 2 unspecified atom stereocenters. The van der Waals surface area contributed by atoms with E-state index in [0.29, 0.717) is 35.0 Å². The highest BCUT2D eigenvalue weighted by Gasteiger charge is 2.31. The molecule has 3 aromatic carbocycles. The fraction of sp³-hybridized carbons (Fsp3) is 0.200. The molecule has 5 rings (SSSR count). The van der Waals surface area contributed by atoms with Crippen LogP contribution in [0.3, 0.4) is 0 Å². The summed E-state index contributed by atoms with van der Waals surface area (Å²) in [6, 6.07) is 20.1. The first-order valence-corrected chi connectivity index (χ1v) is 13.5. The first-order chi connectivity index (χ1) is 19.2. The smallest absolute Gasteiger partial charge is 0.261 e. The van der Waals surface area contributed by atoms with E-state index in [9.17, 15) is 18.8 Å². The number of benzene rings is 3. The molecule has 0 saturated carbocycles. The Kier molecular flexibility index (Phi) is 7.61. The Balaban J connectivity index is 1.27. The SMILES string of the molecule is CC(C(N)=O)C(c1ccc(F)cc1)c1nc(N)c(C(=O)c2ccc(OCC(=O)N3Cc4ccccc4C3)cc2)s1. The molecule has 204 valence electrons. The molecule has 4 aromatic rings. The lowest BCUT2D eigenvalue weighted by Gasteiger charge is -2.20. The van der Waals surface area contributed by atoms with Crippen molar-refractivity contribution in [1.82, 2.24) is 9.88 Å². The molecule has 8 nitrogen and oxygen atoms in total. The molecule has 2 amide bonds. The second kappa shape index (κ2) is 11.3. The molecular weight excluding hydrogens is 531 g/mol. The number of ether oxygens (including phenoxy) is 1. The number of thiazole rings is 1. The maximum atomic E-state index is 13.5. The van der Waals surface area contributed by atoms with Gasteiger partial charge in [-0.25, -0.2) is 9.37 Å². The molecular formula is C30H27FN4O4S. The number of ketones is 1. The quantitative estimate of drug-likeness (QED) is 0.295. The number of nitrogens with zero attached hydrogens (tertiary/aromatic N) is 2. The van der Waals surface area contributed by atoms with Gasteiger partial charge < -0.3 is 21.1 Å². The highest BCUT2D eigenvalue weighted by atomic mass is 32.1. The van der Waals surface area contributed by atoms with Gasteiger partial charge in [0.2, 0.25) is 11.7 Å². The number of aromatic nitrogens is 1. The zero-order chi connectivity index (χ0) is 28.4. The maximum absolute atomic E-state index is 13.5. The average Bonchev–Trinajstić information content (AvgIpc) is 3.56. The lowest BCUT2D eigenvalue weighted by molar-refractivity contribution is -0.134. The number of primary amides is 1. The van der Waals surface area contributed by atoms with Gasteiger partial charge in [0.05, 0.1) is 0 Å². The molecule has 0 saturated heterocycles. The number of carbonyl (C=O) groups excluding carboxylic acids is 3. The van der Waals surface area contributed by atoms with E-state index in [1.807, 2.05) is 24.3 Å². The molecule has 1 aliphatic rings. The molecule has 1 aliphatic heterocycles. The van der Waals surface area contributed by atoms with Crippen molar-refractivity contribution in [2.24, 2.45) is 11.7 Å². The van der Waals surface area contributed by atoms with Crippen LogP contribution in [0, 0.1) is 11.7 Å². The number of amides is 2. The van der Waals surface area contributed by atoms with Crippen molar-refractivity contribution in [2.75, 3.05) is 12.3 Å². The maximum Gasteiger partial charge on any atom is 0.261 e. The molecule has 0 fully saturated rings. The van der Waals surface area contributed by atoms with E-state index >= 15 is 0 Å². The van der Waals surface area contributed by atoms with E-state index in [4.69, 9.17) is 16.2 Å². The standard InChI is InChI=1S/C30H27FN4O4S/c1-17(29(33)38)25(18-6-10-22(31)11-7-18)30-34-28(32)27(40-30)26(37)19-8-12-23(13-9-19)39-16-24(36)35-14-20-4-2-3-5-21(20)15-35/h2-13,17,25H,14-16,32H2,1H3,(H2,33,38). The minimum Gasteiger partial charge on any atom is -0.484 e. The Morgan fingerprint density at radius 1 is 1.00 bits per heavy atom. The Labute approximate surface area is 234 Å². The largest absolute Gasteiger partial charge is 0.484 e. The number of carbonyl (C=O) groups is 3. The molecule has 2 atom stereocenters. The van der Waals surface area contributed by atoms with E-state index in [2.05, 4.69) is 4.98 Å². The van der Waals surface area contributed by atoms with Crippen LogP contribution in [0.5, 0.6) is 5.75 Å². The monoisotopic (exact) mass is 558 g/mol. The topological polar surface area (TPSA) is 129 Å². The summed E-state index contributed by atoms with van der Waals surface area (Å²) in [5.41, 5.74) is 15.0. The van der Waals surface area contributed by atoms with Crippen molar-refractivity contribution < 1.29 is 23.5 Å². The fourth-order valence-electron chi connectivity index (χ4n) is 4.70. The predicted molar refractivity (Wildman–Crippen MR) is 149 cm³/mol. The number of nitrogen functional groups attached to an aromatic ring is 1. The van der Waals surface area contributed by atoms with Crippen molar-refractivity contribution in [3.63, 3.8) is 0 Å². The van der Waals surface area contributed by atoms with Gasteiger partial charge in [0.15, 0.2) is 6.61 Å². The number of nitrogens with two attached hydrogens (primary N) is 2. The Morgan fingerprint density at radius 2 is 1.62 bits per heavy atom. The predicted octanol–water partition coefficient (Wildman–Crippen LogP) is 4.27. The van der Waals surface area contributed by atoms with Gasteiger partial charge in [-0.05, 0) is 53.1 Å². The summed E-state index contributed by atoms with van der Waals surface area (Å²) in [5, 5.41) is 0.432. The fourth-order valence-corrected chi connectivity index (χ4v) is 5.88. The van der Waals surface area contributed by atoms with Crippen molar-refractivity contribution >= 4 is 34.8 Å². The first-order valence-electron chi connectivity index (χ1n) is 12.6. The third-order valence-electron chi connectivity index (χ3n) is 6.99. The third-order valence-corrected chi connectivity index (χ3v) is 8.15. The van der Waals surface area contributed by atoms with Gasteiger partial charge in [-0.1, -0.05) is 43.3 Å². The van der Waals surface area contributed by atoms with Gasteiger partial charge >= 0.3 is 0 Å². The van der Waals surface area contributed by atoms with E-state index in [1.54, 1.807) is 48.2 Å². The second-order valence-corrected chi connectivity index (χ2v) is 10.7. The molecule has 0 spiro atoms. The van der Waals surface area contributed by atoms with Gasteiger partial charge in [-0.2, -0.15) is 0 Å². The number of fused-ring (bicyclic) bond motifs is 1. The zero-order valence-corrected chi connectivity index (χ0v) is 22.5. The Morgan fingerprint density at radius 3 is 2.23 bits per heavy atom. The lowest BCUT2D eigenvalue weighted by Crippen LogP contribution is -2.30. The van der Waals surface area contributed by atoms with E-state index in [-0.39, 0.29) is 29.0 Å². The lowest BCUT2D eigenvalue weighted by atomic mass is 9.87. The van der Waals surface area contributed by atoms with Crippen LogP contribution in [-0.4, -0.2) is 34.1 Å². The van der Waals surface area contributed by atoms with Gasteiger partial charge in [0.25, 0.3) is 5.91 Å². The molecule has 10 heteroatoms. The molecule has 0 radical (unpaired) electrons. The van der Waals surface area contributed by atoms with Crippen LogP contribution in [0.4, 0.5) is 10.2 Å². The van der Waals surface area contributed by atoms with E-state index in [0.717, 1.165) is 22.5 Å². The third kappa shape index (κ3) is 5.57. The normalized spacial score (nSPS) is 13.9. The summed E-state index contributed by atoms with van der Waals surface area (Å²) in [4.78, 5) is 44.3. The van der Waals surface area contributed by atoms with Crippen molar-refractivity contribution in [2.45, 2.75) is 25.9 Å². The molecule has 0 bridgehead atoms. The molecule has 2 heterocycles.